The fraction of sp³-hybridized carbons (Fsp3) is 0.333. The van der Waals surface area contributed by atoms with Crippen molar-refractivity contribution < 1.29 is 9.53 Å². The van der Waals surface area contributed by atoms with E-state index in [1.165, 1.54) is 6.33 Å². The van der Waals surface area contributed by atoms with Crippen molar-refractivity contribution in [2.45, 2.75) is 25.7 Å². The van der Waals surface area contributed by atoms with E-state index in [9.17, 15) is 4.79 Å². The molecule has 1 amide bonds. The number of likely N-dealkylation sites (tertiary alicyclic amines) is 1. The smallest absolute Gasteiger partial charge is 0.256 e. The van der Waals surface area contributed by atoms with Crippen LogP contribution in [0.25, 0.3) is 10.8 Å². The lowest BCUT2D eigenvalue weighted by atomic mass is 9.91. The molecule has 6 nitrogen and oxygen atoms in total. The molecular formula is C21H22N4O2. The maximum absolute atomic E-state index is 12.5. The highest BCUT2D eigenvalue weighted by atomic mass is 16.5. The summed E-state index contributed by atoms with van der Waals surface area (Å²) in [6.45, 7) is 3.47. The van der Waals surface area contributed by atoms with Gasteiger partial charge in [-0.05, 0) is 48.9 Å². The quantitative estimate of drug-likeness (QED) is 0.715. The fourth-order valence-corrected chi connectivity index (χ4v) is 3.72. The average Bonchev–Trinajstić information content (AvgIpc) is 2.73. The predicted molar refractivity (Wildman–Crippen MR) is 103 cm³/mol. The molecule has 1 aromatic carbocycles. The number of methoxy groups -OCH3 is 1. The Hall–Kier alpha value is -3.02. The number of aromatic nitrogens is 3. The van der Waals surface area contributed by atoms with Crippen LogP contribution in [0.5, 0.6) is 5.75 Å². The van der Waals surface area contributed by atoms with Crippen LogP contribution in [0.15, 0.2) is 43.1 Å². The van der Waals surface area contributed by atoms with Gasteiger partial charge >= 0.3 is 0 Å². The Bertz CT molecular complexity index is 967. The molecule has 0 bridgehead atoms. The third-order valence-corrected chi connectivity index (χ3v) is 5.26. The Kier molecular flexibility index (Phi) is 4.71. The van der Waals surface area contributed by atoms with Gasteiger partial charge in [0.1, 0.15) is 12.1 Å². The molecule has 1 aliphatic heterocycles. The zero-order chi connectivity index (χ0) is 18.8. The highest BCUT2D eigenvalue weighted by Crippen LogP contribution is 2.31. The first-order valence-electron chi connectivity index (χ1n) is 9.14. The Labute approximate surface area is 158 Å². The number of fused-ring (bicyclic) bond motifs is 1. The van der Waals surface area contributed by atoms with E-state index in [1.807, 2.05) is 18.0 Å². The number of nitrogens with zero attached hydrogens (tertiary/aromatic N) is 4. The maximum Gasteiger partial charge on any atom is 0.256 e. The molecule has 3 heterocycles. The van der Waals surface area contributed by atoms with Crippen LogP contribution in [0, 0.1) is 6.92 Å². The summed E-state index contributed by atoms with van der Waals surface area (Å²) >= 11 is 0. The first-order chi connectivity index (χ1) is 13.2. The van der Waals surface area contributed by atoms with Crippen LogP contribution in [0.1, 0.15) is 40.4 Å². The first-order valence-corrected chi connectivity index (χ1v) is 9.14. The summed E-state index contributed by atoms with van der Waals surface area (Å²) in [7, 11) is 1.70. The second kappa shape index (κ2) is 7.31. The van der Waals surface area contributed by atoms with Crippen molar-refractivity contribution in [3.8, 4) is 5.75 Å². The number of hydrogen-bond acceptors (Lipinski definition) is 5. The molecule has 0 saturated carbocycles. The summed E-state index contributed by atoms with van der Waals surface area (Å²) in [5, 5.41) is 2.26. The number of carbonyl (C=O) groups excluding carboxylic acids is 1. The van der Waals surface area contributed by atoms with E-state index in [1.54, 1.807) is 19.5 Å². The summed E-state index contributed by atoms with van der Waals surface area (Å²) < 4.78 is 5.45. The van der Waals surface area contributed by atoms with Crippen molar-refractivity contribution in [3.63, 3.8) is 0 Å². The molecule has 0 N–H and O–H groups in total. The summed E-state index contributed by atoms with van der Waals surface area (Å²) in [5.41, 5.74) is 2.74. The zero-order valence-electron chi connectivity index (χ0n) is 15.6. The van der Waals surface area contributed by atoms with E-state index in [2.05, 4.69) is 28.2 Å². The molecule has 4 rings (SSSR count). The molecule has 1 fully saturated rings. The number of rotatable bonds is 3. The standard InChI is InChI=1S/C21H22N4O2/c1-14-7-17-12-24-19(8-16(17)9-20(14)27-2)15-3-5-25(6-4-15)21(26)18-10-22-13-23-11-18/h7-13,15H,3-6H2,1-2H3. The lowest BCUT2D eigenvalue weighted by Crippen LogP contribution is -2.38. The lowest BCUT2D eigenvalue weighted by Gasteiger charge is -2.31. The van der Waals surface area contributed by atoms with Crippen molar-refractivity contribution in [2.24, 2.45) is 0 Å². The molecule has 0 aliphatic carbocycles. The number of hydrogen-bond donors (Lipinski definition) is 0. The van der Waals surface area contributed by atoms with Gasteiger partial charge < -0.3 is 9.64 Å². The van der Waals surface area contributed by atoms with E-state index < -0.39 is 0 Å². The van der Waals surface area contributed by atoms with Gasteiger partial charge in [-0.2, -0.15) is 0 Å². The van der Waals surface area contributed by atoms with Crippen LogP contribution in [0.3, 0.4) is 0 Å². The zero-order valence-corrected chi connectivity index (χ0v) is 15.6. The number of amides is 1. The second-order valence-electron chi connectivity index (χ2n) is 6.97. The van der Waals surface area contributed by atoms with Crippen LogP contribution >= 0.6 is 0 Å². The first kappa shape index (κ1) is 17.4. The van der Waals surface area contributed by atoms with Crippen LogP contribution in [-0.4, -0.2) is 46.0 Å². The molecule has 27 heavy (non-hydrogen) atoms. The van der Waals surface area contributed by atoms with Crippen molar-refractivity contribution in [1.82, 2.24) is 19.9 Å². The fourth-order valence-electron chi connectivity index (χ4n) is 3.72. The SMILES string of the molecule is COc1cc2cc(C3CCN(C(=O)c4cncnc4)CC3)ncc2cc1C. The Morgan fingerprint density at radius 3 is 2.52 bits per heavy atom. The lowest BCUT2D eigenvalue weighted by molar-refractivity contribution is 0.0711. The molecule has 138 valence electrons. The van der Waals surface area contributed by atoms with Gasteiger partial charge in [-0.15, -0.1) is 0 Å². The van der Waals surface area contributed by atoms with E-state index in [-0.39, 0.29) is 5.91 Å². The van der Waals surface area contributed by atoms with Gasteiger partial charge in [0.05, 0.1) is 12.7 Å². The van der Waals surface area contributed by atoms with E-state index in [0.717, 1.165) is 53.7 Å². The van der Waals surface area contributed by atoms with Gasteiger partial charge in [-0.1, -0.05) is 0 Å². The minimum absolute atomic E-state index is 0.000678. The van der Waals surface area contributed by atoms with Gasteiger partial charge in [0.2, 0.25) is 0 Å². The molecule has 6 heteroatoms. The molecule has 0 radical (unpaired) electrons. The van der Waals surface area contributed by atoms with Crippen LogP contribution in [0.2, 0.25) is 0 Å². The van der Waals surface area contributed by atoms with E-state index >= 15 is 0 Å². The summed E-state index contributed by atoms with van der Waals surface area (Å²) in [4.78, 5) is 27.0. The van der Waals surface area contributed by atoms with Crippen molar-refractivity contribution in [1.29, 1.82) is 0 Å². The molecule has 1 saturated heterocycles. The third-order valence-electron chi connectivity index (χ3n) is 5.26. The summed E-state index contributed by atoms with van der Waals surface area (Å²) in [6.07, 6.45) is 8.33. The molecule has 0 unspecified atom stereocenters. The minimum Gasteiger partial charge on any atom is -0.496 e. The van der Waals surface area contributed by atoms with E-state index in [0.29, 0.717) is 11.5 Å². The molecule has 0 atom stereocenters. The van der Waals surface area contributed by atoms with Crippen LogP contribution < -0.4 is 4.74 Å². The van der Waals surface area contributed by atoms with Crippen LogP contribution in [0.4, 0.5) is 0 Å². The number of aryl methyl sites for hydroxylation is 1. The molecule has 1 aliphatic rings. The van der Waals surface area contributed by atoms with Crippen molar-refractivity contribution in [3.05, 3.63) is 59.9 Å². The Morgan fingerprint density at radius 2 is 1.81 bits per heavy atom. The summed E-state index contributed by atoms with van der Waals surface area (Å²) in [5.74, 6) is 1.25. The molecule has 0 spiro atoms. The Morgan fingerprint density at radius 1 is 1.07 bits per heavy atom. The van der Waals surface area contributed by atoms with E-state index in [4.69, 9.17) is 9.72 Å². The van der Waals surface area contributed by atoms with Crippen LogP contribution in [-0.2, 0) is 0 Å². The third kappa shape index (κ3) is 3.47. The van der Waals surface area contributed by atoms with Gasteiger partial charge in [0, 0.05) is 48.7 Å². The number of piperidine rings is 1. The highest BCUT2D eigenvalue weighted by Gasteiger charge is 2.25. The largest absolute Gasteiger partial charge is 0.496 e. The number of benzene rings is 1. The maximum atomic E-state index is 12.5. The Balaban J connectivity index is 1.49. The molecule has 2 aromatic heterocycles. The molecule has 3 aromatic rings. The number of pyridine rings is 1. The highest BCUT2D eigenvalue weighted by molar-refractivity contribution is 5.93. The monoisotopic (exact) mass is 362 g/mol. The molecular weight excluding hydrogens is 340 g/mol. The van der Waals surface area contributed by atoms with Gasteiger partial charge in [0.25, 0.3) is 5.91 Å². The normalized spacial score (nSPS) is 15.1. The minimum atomic E-state index is 0.000678. The van der Waals surface area contributed by atoms with Crippen molar-refractivity contribution in [2.75, 3.05) is 20.2 Å². The summed E-state index contributed by atoms with van der Waals surface area (Å²) in [6, 6.07) is 6.34. The van der Waals surface area contributed by atoms with Gasteiger partial charge in [0.15, 0.2) is 0 Å². The topological polar surface area (TPSA) is 68.2 Å². The number of ether oxygens (including phenoxy) is 1. The second-order valence-corrected chi connectivity index (χ2v) is 6.97. The predicted octanol–water partition coefficient (Wildman–Crippen LogP) is 3.36. The number of carbonyl (C=O) groups is 1. The van der Waals surface area contributed by atoms with Crippen molar-refractivity contribution >= 4 is 16.7 Å². The average molecular weight is 362 g/mol. The van der Waals surface area contributed by atoms with Gasteiger partial charge in [-0.25, -0.2) is 9.97 Å². The van der Waals surface area contributed by atoms with Gasteiger partial charge in [-0.3, -0.25) is 9.78 Å².